The Morgan fingerprint density at radius 2 is 1.75 bits per heavy atom. The number of rotatable bonds is 1. The Morgan fingerprint density at radius 3 is 2.42 bits per heavy atom. The molecule has 66 valence electrons. The highest BCUT2D eigenvalue weighted by atomic mass is 32.2. The standard InChI is InChI=1S/C10H15NS/c1-3-7-11(8-4-1)12-9-5-2-6-10-12/h2,5-6,9-10H,1,3-4,7-8H2. The summed E-state index contributed by atoms with van der Waals surface area (Å²) < 4.78 is 2.59. The van der Waals surface area contributed by atoms with Crippen molar-refractivity contribution in [3.05, 3.63) is 23.6 Å². The molecular formula is C10H15NS. The summed E-state index contributed by atoms with van der Waals surface area (Å²) >= 11 is 0. The molecule has 0 amide bonds. The smallest absolute Gasteiger partial charge is 0.00876 e. The van der Waals surface area contributed by atoms with Gasteiger partial charge < -0.3 is 0 Å². The average Bonchev–Trinajstić information content (AvgIpc) is 2.21. The van der Waals surface area contributed by atoms with Gasteiger partial charge in [0.25, 0.3) is 0 Å². The van der Waals surface area contributed by atoms with E-state index in [-0.39, 0.29) is 0 Å². The van der Waals surface area contributed by atoms with Crippen LogP contribution in [-0.4, -0.2) is 22.8 Å². The predicted octanol–water partition coefficient (Wildman–Crippen LogP) is 2.54. The van der Waals surface area contributed by atoms with Crippen molar-refractivity contribution in [1.82, 2.24) is 4.31 Å². The van der Waals surface area contributed by atoms with Crippen LogP contribution in [0.4, 0.5) is 0 Å². The van der Waals surface area contributed by atoms with Crippen LogP contribution in [0.3, 0.4) is 0 Å². The summed E-state index contributed by atoms with van der Waals surface area (Å²) in [6, 6.07) is 0. The zero-order valence-electron chi connectivity index (χ0n) is 7.28. The van der Waals surface area contributed by atoms with E-state index >= 15 is 0 Å². The fourth-order valence-electron chi connectivity index (χ4n) is 1.61. The van der Waals surface area contributed by atoms with Crippen LogP contribution in [0.1, 0.15) is 19.3 Å². The quantitative estimate of drug-likeness (QED) is 0.562. The average molecular weight is 181 g/mol. The van der Waals surface area contributed by atoms with E-state index in [0.717, 1.165) is 0 Å². The maximum Gasteiger partial charge on any atom is 0.00876 e. The van der Waals surface area contributed by atoms with E-state index in [1.807, 2.05) is 0 Å². The van der Waals surface area contributed by atoms with E-state index in [4.69, 9.17) is 0 Å². The van der Waals surface area contributed by atoms with Crippen LogP contribution >= 0.6 is 10.7 Å². The van der Waals surface area contributed by atoms with Crippen molar-refractivity contribution >= 4 is 16.0 Å². The molecule has 0 aromatic rings. The molecule has 0 aromatic carbocycles. The van der Waals surface area contributed by atoms with Gasteiger partial charge in [-0.15, -0.1) is 0 Å². The Hall–Kier alpha value is -0.340. The minimum Gasteiger partial charge on any atom is -0.253 e. The fourth-order valence-corrected chi connectivity index (χ4v) is 3.23. The third kappa shape index (κ3) is 1.87. The zero-order chi connectivity index (χ0) is 8.23. The molecule has 0 spiro atoms. The highest BCUT2D eigenvalue weighted by molar-refractivity contribution is 8.15. The molecule has 0 aliphatic carbocycles. The van der Waals surface area contributed by atoms with Crippen LogP contribution in [0.25, 0.3) is 0 Å². The number of nitrogens with zero attached hydrogens (tertiary/aromatic N) is 1. The molecule has 1 atom stereocenters. The van der Waals surface area contributed by atoms with E-state index in [0.29, 0.717) is 10.7 Å². The molecule has 2 aliphatic heterocycles. The van der Waals surface area contributed by atoms with Crippen LogP contribution in [0, 0.1) is 0 Å². The van der Waals surface area contributed by atoms with Crippen molar-refractivity contribution in [2.24, 2.45) is 0 Å². The van der Waals surface area contributed by atoms with Gasteiger partial charge in [-0.3, -0.25) is 4.31 Å². The molecule has 0 bridgehead atoms. The zero-order valence-corrected chi connectivity index (χ0v) is 8.09. The molecule has 0 aromatic heterocycles. The van der Waals surface area contributed by atoms with Gasteiger partial charge in [-0.05, 0) is 23.6 Å². The van der Waals surface area contributed by atoms with E-state index in [1.54, 1.807) is 0 Å². The van der Waals surface area contributed by atoms with Crippen molar-refractivity contribution in [3.8, 4) is 0 Å². The van der Waals surface area contributed by atoms with Gasteiger partial charge in [-0.25, -0.2) is 0 Å². The van der Waals surface area contributed by atoms with Crippen LogP contribution in [0.2, 0.25) is 0 Å². The molecule has 2 heterocycles. The molecule has 1 saturated heterocycles. The van der Waals surface area contributed by atoms with Crippen LogP contribution < -0.4 is 0 Å². The predicted molar refractivity (Wildman–Crippen MR) is 57.4 cm³/mol. The molecule has 1 unspecified atom stereocenters. The fraction of sp³-hybridized carbons (Fsp3) is 0.500. The number of piperidine rings is 1. The van der Waals surface area contributed by atoms with Crippen molar-refractivity contribution in [1.29, 1.82) is 0 Å². The SMILES string of the molecule is C1=CC=S(N2CCCCC2)C=C1. The van der Waals surface area contributed by atoms with Crippen LogP contribution in [0.5, 0.6) is 0 Å². The minimum atomic E-state index is 0.310. The first-order valence-electron chi connectivity index (χ1n) is 4.62. The third-order valence-electron chi connectivity index (χ3n) is 2.27. The maximum absolute atomic E-state index is 2.59. The molecule has 1 fully saturated rings. The second-order valence-electron chi connectivity index (χ2n) is 3.19. The second kappa shape index (κ2) is 4.06. The molecule has 0 radical (unpaired) electrons. The number of hydrogen-bond acceptors (Lipinski definition) is 1. The van der Waals surface area contributed by atoms with Gasteiger partial charge in [0.2, 0.25) is 0 Å². The molecule has 12 heavy (non-hydrogen) atoms. The third-order valence-corrected chi connectivity index (χ3v) is 4.10. The Kier molecular flexibility index (Phi) is 2.79. The molecule has 0 saturated carbocycles. The minimum absolute atomic E-state index is 0.310. The highest BCUT2D eigenvalue weighted by Crippen LogP contribution is 2.26. The second-order valence-corrected chi connectivity index (χ2v) is 4.94. The van der Waals surface area contributed by atoms with Crippen molar-refractivity contribution in [3.63, 3.8) is 0 Å². The summed E-state index contributed by atoms with van der Waals surface area (Å²) in [7, 11) is 0.310. The lowest BCUT2D eigenvalue weighted by Crippen LogP contribution is -2.24. The lowest BCUT2D eigenvalue weighted by molar-refractivity contribution is 0.381. The summed E-state index contributed by atoms with van der Waals surface area (Å²) in [6.45, 7) is 2.58. The van der Waals surface area contributed by atoms with Crippen molar-refractivity contribution in [2.45, 2.75) is 19.3 Å². The topological polar surface area (TPSA) is 3.24 Å². The number of allylic oxidation sites excluding steroid dienone is 3. The van der Waals surface area contributed by atoms with Crippen molar-refractivity contribution < 1.29 is 0 Å². The monoisotopic (exact) mass is 181 g/mol. The van der Waals surface area contributed by atoms with Gasteiger partial charge in [-0.2, -0.15) is 0 Å². The number of hydrogen-bond donors (Lipinski definition) is 0. The Morgan fingerprint density at radius 1 is 0.917 bits per heavy atom. The summed E-state index contributed by atoms with van der Waals surface area (Å²) in [5.74, 6) is 0. The van der Waals surface area contributed by atoms with Crippen molar-refractivity contribution in [2.75, 3.05) is 13.1 Å². The van der Waals surface area contributed by atoms with Crippen LogP contribution in [0.15, 0.2) is 23.6 Å². The maximum atomic E-state index is 2.59. The molecule has 2 aliphatic rings. The summed E-state index contributed by atoms with van der Waals surface area (Å²) in [5, 5.41) is 4.62. The molecule has 2 rings (SSSR count). The van der Waals surface area contributed by atoms with Gasteiger partial charge in [0, 0.05) is 13.1 Å². The van der Waals surface area contributed by atoms with Gasteiger partial charge in [0.05, 0.1) is 0 Å². The first kappa shape index (κ1) is 8.27. The van der Waals surface area contributed by atoms with E-state index < -0.39 is 0 Å². The summed E-state index contributed by atoms with van der Waals surface area (Å²) in [5.41, 5.74) is 0. The lowest BCUT2D eigenvalue weighted by Gasteiger charge is -2.28. The molecule has 1 nitrogen and oxygen atoms in total. The van der Waals surface area contributed by atoms with Gasteiger partial charge >= 0.3 is 0 Å². The van der Waals surface area contributed by atoms with Gasteiger partial charge in [0.15, 0.2) is 0 Å². The summed E-state index contributed by atoms with van der Waals surface area (Å²) in [4.78, 5) is 0. The highest BCUT2D eigenvalue weighted by Gasteiger charge is 2.11. The van der Waals surface area contributed by atoms with E-state index in [2.05, 4.69) is 33.3 Å². The molecular weight excluding hydrogens is 166 g/mol. The Bertz CT molecular complexity index is 234. The first-order chi connectivity index (χ1) is 5.97. The van der Waals surface area contributed by atoms with E-state index in [9.17, 15) is 0 Å². The van der Waals surface area contributed by atoms with Gasteiger partial charge in [0.1, 0.15) is 0 Å². The molecule has 2 heteroatoms. The largest absolute Gasteiger partial charge is 0.253 e. The Labute approximate surface area is 76.8 Å². The van der Waals surface area contributed by atoms with E-state index in [1.165, 1.54) is 32.4 Å². The first-order valence-corrected chi connectivity index (χ1v) is 5.93. The summed E-state index contributed by atoms with van der Waals surface area (Å²) in [6.07, 6.45) is 10.6. The normalized spacial score (nSPS) is 30.2. The van der Waals surface area contributed by atoms with Crippen LogP contribution in [-0.2, 0) is 0 Å². The Balaban J connectivity index is 2.03. The van der Waals surface area contributed by atoms with Gasteiger partial charge in [-0.1, -0.05) is 35.3 Å². The molecule has 0 N–H and O–H groups in total. The lowest BCUT2D eigenvalue weighted by atomic mass is 10.2.